The highest BCUT2D eigenvalue weighted by molar-refractivity contribution is 7.91. The lowest BCUT2D eigenvalue weighted by Crippen LogP contribution is -2.49. The van der Waals surface area contributed by atoms with Crippen LogP contribution < -0.4 is 5.32 Å². The fourth-order valence-electron chi connectivity index (χ4n) is 2.48. The highest BCUT2D eigenvalue weighted by Crippen LogP contribution is 2.31. The Morgan fingerprint density at radius 2 is 2.00 bits per heavy atom. The van der Waals surface area contributed by atoms with Crippen molar-refractivity contribution >= 4 is 32.1 Å². The number of thiophene rings is 1. The predicted octanol–water partition coefficient (Wildman–Crippen LogP) is 1.73. The van der Waals surface area contributed by atoms with Gasteiger partial charge >= 0.3 is 0 Å². The van der Waals surface area contributed by atoms with Gasteiger partial charge in [0.2, 0.25) is 5.91 Å². The number of nitrogens with one attached hydrogen (secondary N) is 1. The number of aryl methyl sites for hydroxylation is 1. The molecule has 0 saturated carbocycles. The average molecular weight is 330 g/mol. The van der Waals surface area contributed by atoms with Gasteiger partial charge in [-0.2, -0.15) is 0 Å². The molecule has 1 saturated heterocycles. The van der Waals surface area contributed by atoms with Gasteiger partial charge in [-0.3, -0.25) is 9.69 Å². The maximum atomic E-state index is 12.2. The van der Waals surface area contributed by atoms with Gasteiger partial charge in [0.1, 0.15) is 0 Å². The standard InChI is InChI=1S/C14H22N2O3S2/c1-9-8-21(18,19)6-5-16(9)7-13(17)15-14-11(3)10(2)12(4)20-14/h9H,5-8H2,1-4H3,(H,15,17)/t9-/m0/s1. The molecule has 1 aromatic heterocycles. The zero-order chi connectivity index (χ0) is 15.8. The summed E-state index contributed by atoms with van der Waals surface area (Å²) in [6, 6.07) is -0.109. The van der Waals surface area contributed by atoms with E-state index in [9.17, 15) is 13.2 Å². The smallest absolute Gasteiger partial charge is 0.239 e. The minimum Gasteiger partial charge on any atom is -0.316 e. The molecule has 0 aliphatic carbocycles. The van der Waals surface area contributed by atoms with E-state index in [0.717, 1.165) is 10.6 Å². The number of carbonyl (C=O) groups excluding carboxylic acids is 1. The molecule has 0 bridgehead atoms. The number of hydrogen-bond donors (Lipinski definition) is 1. The molecule has 21 heavy (non-hydrogen) atoms. The van der Waals surface area contributed by atoms with Gasteiger partial charge in [-0.25, -0.2) is 8.42 Å². The molecule has 2 rings (SSSR count). The van der Waals surface area contributed by atoms with Gasteiger partial charge in [0.05, 0.1) is 23.1 Å². The van der Waals surface area contributed by atoms with Crippen LogP contribution in [0.1, 0.15) is 22.9 Å². The minimum absolute atomic E-state index is 0.0782. The van der Waals surface area contributed by atoms with Gasteiger partial charge in [0.25, 0.3) is 0 Å². The first kappa shape index (κ1) is 16.5. The van der Waals surface area contributed by atoms with Crippen LogP contribution in [0.25, 0.3) is 0 Å². The van der Waals surface area contributed by atoms with Crippen molar-refractivity contribution in [1.29, 1.82) is 0 Å². The zero-order valence-electron chi connectivity index (χ0n) is 12.9. The summed E-state index contributed by atoms with van der Waals surface area (Å²) in [4.78, 5) is 15.3. The van der Waals surface area contributed by atoms with Gasteiger partial charge in [-0.05, 0) is 38.8 Å². The molecule has 0 radical (unpaired) electrons. The molecule has 1 N–H and O–H groups in total. The first-order valence-electron chi connectivity index (χ1n) is 7.00. The molecule has 0 unspecified atom stereocenters. The van der Waals surface area contributed by atoms with Crippen molar-refractivity contribution in [1.82, 2.24) is 4.90 Å². The summed E-state index contributed by atoms with van der Waals surface area (Å²) in [5.41, 5.74) is 2.33. The molecule has 118 valence electrons. The summed E-state index contributed by atoms with van der Waals surface area (Å²) in [6.45, 7) is 8.62. The summed E-state index contributed by atoms with van der Waals surface area (Å²) in [5, 5.41) is 3.84. The van der Waals surface area contributed by atoms with Crippen LogP contribution in [-0.2, 0) is 14.6 Å². The zero-order valence-corrected chi connectivity index (χ0v) is 14.5. The molecular weight excluding hydrogens is 308 g/mol. The van der Waals surface area contributed by atoms with Crippen LogP contribution >= 0.6 is 11.3 Å². The SMILES string of the molecule is Cc1sc(NC(=O)CN2CCS(=O)(=O)C[C@@H]2C)c(C)c1C. The largest absolute Gasteiger partial charge is 0.316 e. The number of amides is 1. The van der Waals surface area contributed by atoms with Crippen molar-refractivity contribution in [2.45, 2.75) is 33.7 Å². The molecule has 2 heterocycles. The van der Waals surface area contributed by atoms with Gasteiger partial charge < -0.3 is 5.32 Å². The Balaban J connectivity index is 1.97. The van der Waals surface area contributed by atoms with E-state index in [1.807, 2.05) is 32.6 Å². The second-order valence-corrected chi connectivity index (χ2v) is 9.17. The van der Waals surface area contributed by atoms with E-state index in [-0.39, 0.29) is 30.0 Å². The molecule has 5 nitrogen and oxygen atoms in total. The monoisotopic (exact) mass is 330 g/mol. The Kier molecular flexibility index (Phi) is 4.75. The van der Waals surface area contributed by atoms with Gasteiger partial charge in [-0.1, -0.05) is 0 Å². The van der Waals surface area contributed by atoms with Gasteiger partial charge in [0, 0.05) is 17.5 Å². The highest BCUT2D eigenvalue weighted by atomic mass is 32.2. The maximum absolute atomic E-state index is 12.2. The lowest BCUT2D eigenvalue weighted by molar-refractivity contribution is -0.117. The summed E-state index contributed by atoms with van der Waals surface area (Å²) >= 11 is 1.59. The summed E-state index contributed by atoms with van der Waals surface area (Å²) < 4.78 is 23.1. The van der Waals surface area contributed by atoms with Gasteiger partial charge in [-0.15, -0.1) is 11.3 Å². The van der Waals surface area contributed by atoms with Crippen LogP contribution in [0.3, 0.4) is 0 Å². The van der Waals surface area contributed by atoms with Crippen molar-refractivity contribution < 1.29 is 13.2 Å². The Morgan fingerprint density at radius 3 is 2.52 bits per heavy atom. The van der Waals surface area contributed by atoms with Crippen LogP contribution in [0.4, 0.5) is 5.00 Å². The van der Waals surface area contributed by atoms with Crippen LogP contribution in [0.2, 0.25) is 0 Å². The molecule has 1 aromatic rings. The van der Waals surface area contributed by atoms with E-state index >= 15 is 0 Å². The number of carbonyl (C=O) groups is 1. The number of anilines is 1. The van der Waals surface area contributed by atoms with E-state index in [4.69, 9.17) is 0 Å². The molecule has 1 aliphatic heterocycles. The fourth-order valence-corrected chi connectivity index (χ4v) is 5.19. The molecular formula is C14H22N2O3S2. The maximum Gasteiger partial charge on any atom is 0.239 e. The van der Waals surface area contributed by atoms with Crippen LogP contribution in [0, 0.1) is 20.8 Å². The Morgan fingerprint density at radius 1 is 1.33 bits per heavy atom. The number of hydrogen-bond acceptors (Lipinski definition) is 5. The first-order chi connectivity index (χ1) is 9.69. The lowest BCUT2D eigenvalue weighted by Gasteiger charge is -2.32. The second kappa shape index (κ2) is 6.06. The van der Waals surface area contributed by atoms with E-state index in [1.165, 1.54) is 10.4 Å². The lowest BCUT2D eigenvalue weighted by atomic mass is 10.2. The number of nitrogens with zero attached hydrogens (tertiary/aromatic N) is 1. The third-order valence-electron chi connectivity index (χ3n) is 4.09. The summed E-state index contributed by atoms with van der Waals surface area (Å²) in [7, 11) is -2.94. The van der Waals surface area contributed by atoms with Crippen molar-refractivity contribution in [2.75, 3.05) is 29.9 Å². The van der Waals surface area contributed by atoms with E-state index in [2.05, 4.69) is 5.32 Å². The van der Waals surface area contributed by atoms with Crippen molar-refractivity contribution in [2.24, 2.45) is 0 Å². The van der Waals surface area contributed by atoms with Crippen LogP contribution in [-0.4, -0.2) is 49.9 Å². The molecule has 1 amide bonds. The Bertz CT molecular complexity index is 649. The predicted molar refractivity (Wildman–Crippen MR) is 86.8 cm³/mol. The highest BCUT2D eigenvalue weighted by Gasteiger charge is 2.29. The third-order valence-corrected chi connectivity index (χ3v) is 7.11. The van der Waals surface area contributed by atoms with Crippen molar-refractivity contribution in [3.8, 4) is 0 Å². The molecule has 1 atom stereocenters. The van der Waals surface area contributed by atoms with E-state index in [1.54, 1.807) is 11.3 Å². The molecule has 1 aliphatic rings. The van der Waals surface area contributed by atoms with Gasteiger partial charge in [0.15, 0.2) is 9.84 Å². The van der Waals surface area contributed by atoms with Crippen LogP contribution in [0.15, 0.2) is 0 Å². The molecule has 7 heteroatoms. The number of rotatable bonds is 3. The van der Waals surface area contributed by atoms with E-state index < -0.39 is 9.84 Å². The Labute approximate surface area is 130 Å². The fraction of sp³-hybridized carbons (Fsp3) is 0.643. The molecule has 0 spiro atoms. The third kappa shape index (κ3) is 3.84. The quantitative estimate of drug-likeness (QED) is 0.916. The average Bonchev–Trinajstić information content (AvgIpc) is 2.60. The summed E-state index contributed by atoms with van der Waals surface area (Å²) in [6.07, 6.45) is 0. The normalized spacial score (nSPS) is 22.2. The topological polar surface area (TPSA) is 66.5 Å². The Hall–Kier alpha value is -0.920. The van der Waals surface area contributed by atoms with E-state index in [0.29, 0.717) is 6.54 Å². The minimum atomic E-state index is -2.94. The number of sulfone groups is 1. The van der Waals surface area contributed by atoms with Crippen LogP contribution in [0.5, 0.6) is 0 Å². The first-order valence-corrected chi connectivity index (χ1v) is 9.64. The summed E-state index contributed by atoms with van der Waals surface area (Å²) in [5.74, 6) is 0.197. The molecule has 0 aromatic carbocycles. The van der Waals surface area contributed by atoms with Crippen molar-refractivity contribution in [3.63, 3.8) is 0 Å². The van der Waals surface area contributed by atoms with Crippen molar-refractivity contribution in [3.05, 3.63) is 16.0 Å². The second-order valence-electron chi connectivity index (χ2n) is 5.72. The molecule has 1 fully saturated rings.